The summed E-state index contributed by atoms with van der Waals surface area (Å²) in [5.41, 5.74) is 2.83. The van der Waals surface area contributed by atoms with Crippen LogP contribution in [0, 0.1) is 45.3 Å². The lowest BCUT2D eigenvalue weighted by molar-refractivity contribution is -0.138. The van der Waals surface area contributed by atoms with E-state index in [1.807, 2.05) is 6.07 Å². The first kappa shape index (κ1) is 18.5. The van der Waals surface area contributed by atoms with E-state index < -0.39 is 29.0 Å². The molecule has 3 rings (SSSR count). The molecule has 0 bridgehead atoms. The molecule has 0 radical (unpaired) electrons. The molecule has 2 aliphatic rings. The Morgan fingerprint density at radius 3 is 2.41 bits per heavy atom. The van der Waals surface area contributed by atoms with Crippen LogP contribution in [0.3, 0.4) is 0 Å². The number of benzene rings is 1. The van der Waals surface area contributed by atoms with E-state index >= 15 is 0 Å². The van der Waals surface area contributed by atoms with Crippen molar-refractivity contribution >= 4 is 0 Å². The summed E-state index contributed by atoms with van der Waals surface area (Å²) in [5.74, 6) is -2.00. The molecule has 0 saturated heterocycles. The SMILES string of the molecule is N#CC1=C(N)C(C#N)(C#N)C(c2ccccc2C(F)(F)F)C2COCC=C12. The predicted octanol–water partition coefficient (Wildman–Crippen LogP) is 3.15. The van der Waals surface area contributed by atoms with Gasteiger partial charge in [0, 0.05) is 11.8 Å². The van der Waals surface area contributed by atoms with Gasteiger partial charge in [0.2, 0.25) is 0 Å². The van der Waals surface area contributed by atoms with E-state index in [9.17, 15) is 29.0 Å². The maximum Gasteiger partial charge on any atom is 0.416 e. The number of halogens is 3. The monoisotopic (exact) mass is 370 g/mol. The minimum Gasteiger partial charge on any atom is -0.399 e. The zero-order valence-electron chi connectivity index (χ0n) is 13.9. The van der Waals surface area contributed by atoms with Gasteiger partial charge in [-0.05, 0) is 17.2 Å². The maximum absolute atomic E-state index is 13.6. The highest BCUT2D eigenvalue weighted by Gasteiger charge is 2.55. The molecule has 5 nitrogen and oxygen atoms in total. The largest absolute Gasteiger partial charge is 0.416 e. The third-order valence-corrected chi connectivity index (χ3v) is 5.04. The van der Waals surface area contributed by atoms with Crippen LogP contribution in [-0.4, -0.2) is 13.2 Å². The van der Waals surface area contributed by atoms with Crippen LogP contribution in [0.5, 0.6) is 0 Å². The first-order chi connectivity index (χ1) is 12.8. The molecule has 0 spiro atoms. The Morgan fingerprint density at radius 1 is 1.15 bits per heavy atom. The summed E-state index contributed by atoms with van der Waals surface area (Å²) in [6.07, 6.45) is -3.11. The summed E-state index contributed by atoms with van der Waals surface area (Å²) >= 11 is 0. The Balaban J connectivity index is 2.39. The molecular formula is C19H13F3N4O. The zero-order chi connectivity index (χ0) is 19.8. The average molecular weight is 370 g/mol. The number of nitrogens with zero attached hydrogens (tertiary/aromatic N) is 3. The molecule has 1 aliphatic heterocycles. The Hall–Kier alpha value is -3.28. The second-order valence-electron chi connectivity index (χ2n) is 6.30. The van der Waals surface area contributed by atoms with Crippen molar-refractivity contribution in [2.45, 2.75) is 12.1 Å². The van der Waals surface area contributed by atoms with Crippen LogP contribution < -0.4 is 5.73 Å². The number of allylic oxidation sites excluding steroid dienone is 2. The summed E-state index contributed by atoms with van der Waals surface area (Å²) < 4.78 is 46.2. The number of hydrogen-bond acceptors (Lipinski definition) is 5. The second-order valence-corrected chi connectivity index (χ2v) is 6.30. The predicted molar refractivity (Wildman–Crippen MR) is 87.1 cm³/mol. The van der Waals surface area contributed by atoms with Crippen LogP contribution >= 0.6 is 0 Å². The Kier molecular flexibility index (Phi) is 4.43. The minimum absolute atomic E-state index is 0.0216. The van der Waals surface area contributed by atoms with Crippen molar-refractivity contribution in [3.8, 4) is 18.2 Å². The molecule has 1 aromatic carbocycles. The Bertz CT molecular complexity index is 958. The Morgan fingerprint density at radius 2 is 1.81 bits per heavy atom. The first-order valence-electron chi connectivity index (χ1n) is 7.99. The summed E-state index contributed by atoms with van der Waals surface area (Å²) in [4.78, 5) is 0. The van der Waals surface area contributed by atoms with Crippen molar-refractivity contribution in [2.75, 3.05) is 13.2 Å². The summed E-state index contributed by atoms with van der Waals surface area (Å²) in [5, 5.41) is 29.1. The molecule has 2 unspecified atom stereocenters. The van der Waals surface area contributed by atoms with Crippen LogP contribution in [0.15, 0.2) is 47.2 Å². The van der Waals surface area contributed by atoms with E-state index in [0.29, 0.717) is 5.57 Å². The first-order valence-corrected chi connectivity index (χ1v) is 7.99. The molecule has 0 amide bonds. The van der Waals surface area contributed by atoms with Crippen LogP contribution in [0.1, 0.15) is 17.0 Å². The van der Waals surface area contributed by atoms with E-state index in [0.717, 1.165) is 6.07 Å². The highest BCUT2D eigenvalue weighted by Crippen LogP contribution is 2.55. The summed E-state index contributed by atoms with van der Waals surface area (Å²) in [7, 11) is 0. The molecule has 2 atom stereocenters. The lowest BCUT2D eigenvalue weighted by Crippen LogP contribution is -2.45. The van der Waals surface area contributed by atoms with Gasteiger partial charge in [0.05, 0.1) is 42.2 Å². The molecule has 1 heterocycles. The highest BCUT2D eigenvalue weighted by molar-refractivity contribution is 5.60. The molecule has 1 aliphatic carbocycles. The molecule has 2 N–H and O–H groups in total. The van der Waals surface area contributed by atoms with E-state index in [1.54, 1.807) is 18.2 Å². The van der Waals surface area contributed by atoms with Crippen LogP contribution in [0.4, 0.5) is 13.2 Å². The smallest absolute Gasteiger partial charge is 0.399 e. The fourth-order valence-electron chi connectivity index (χ4n) is 3.86. The summed E-state index contributed by atoms with van der Waals surface area (Å²) in [6, 6.07) is 10.3. The molecular weight excluding hydrogens is 357 g/mol. The minimum atomic E-state index is -4.68. The van der Waals surface area contributed by atoms with Crippen molar-refractivity contribution in [3.63, 3.8) is 0 Å². The molecule has 136 valence electrons. The van der Waals surface area contributed by atoms with Crippen LogP contribution in [0.25, 0.3) is 0 Å². The van der Waals surface area contributed by atoms with Crippen LogP contribution in [-0.2, 0) is 10.9 Å². The Labute approximate surface area is 153 Å². The topological polar surface area (TPSA) is 107 Å². The zero-order valence-corrected chi connectivity index (χ0v) is 13.9. The van der Waals surface area contributed by atoms with E-state index in [2.05, 4.69) is 0 Å². The average Bonchev–Trinajstić information content (AvgIpc) is 2.66. The van der Waals surface area contributed by atoms with Gasteiger partial charge < -0.3 is 10.5 Å². The normalized spacial score (nSPS) is 24.1. The van der Waals surface area contributed by atoms with Crippen molar-refractivity contribution in [2.24, 2.45) is 17.1 Å². The van der Waals surface area contributed by atoms with E-state index in [-0.39, 0.29) is 30.0 Å². The van der Waals surface area contributed by atoms with Crippen molar-refractivity contribution in [3.05, 3.63) is 58.3 Å². The van der Waals surface area contributed by atoms with Gasteiger partial charge >= 0.3 is 6.18 Å². The molecule has 8 heteroatoms. The lowest BCUT2D eigenvalue weighted by atomic mass is 9.58. The van der Waals surface area contributed by atoms with E-state index in [4.69, 9.17) is 10.5 Å². The number of nitriles is 3. The molecule has 0 fully saturated rings. The van der Waals surface area contributed by atoms with E-state index in [1.165, 1.54) is 18.2 Å². The molecule has 27 heavy (non-hydrogen) atoms. The number of fused-ring (bicyclic) bond motifs is 1. The number of ether oxygens (including phenoxy) is 1. The van der Waals surface area contributed by atoms with Crippen molar-refractivity contribution < 1.29 is 17.9 Å². The van der Waals surface area contributed by atoms with Crippen molar-refractivity contribution in [1.82, 2.24) is 0 Å². The van der Waals surface area contributed by atoms with Gasteiger partial charge in [-0.1, -0.05) is 24.3 Å². The van der Waals surface area contributed by atoms with Gasteiger partial charge in [-0.3, -0.25) is 0 Å². The standard InChI is InChI=1S/C19H13F3N4O/c20-19(21,22)15-4-2-1-3-12(15)16-14-8-27-6-5-11(14)13(7-23)17(26)18(16,9-24)10-25/h1-5,14,16H,6,8,26H2. The molecule has 1 aromatic rings. The third kappa shape index (κ3) is 2.65. The lowest BCUT2D eigenvalue weighted by Gasteiger charge is -2.43. The van der Waals surface area contributed by atoms with Gasteiger partial charge in [0.1, 0.15) is 6.07 Å². The second kappa shape index (κ2) is 6.46. The number of rotatable bonds is 1. The highest BCUT2D eigenvalue weighted by atomic mass is 19.4. The molecule has 0 saturated carbocycles. The number of nitrogens with two attached hydrogens (primary N) is 1. The molecule has 0 aromatic heterocycles. The van der Waals surface area contributed by atoms with Gasteiger partial charge in [-0.2, -0.15) is 29.0 Å². The van der Waals surface area contributed by atoms with Gasteiger partial charge in [-0.15, -0.1) is 0 Å². The van der Waals surface area contributed by atoms with Gasteiger partial charge in [0.15, 0.2) is 5.41 Å². The maximum atomic E-state index is 13.6. The number of hydrogen-bond donors (Lipinski definition) is 1. The fraction of sp³-hybridized carbons (Fsp3) is 0.316. The van der Waals surface area contributed by atoms with Crippen molar-refractivity contribution in [1.29, 1.82) is 15.8 Å². The van der Waals surface area contributed by atoms with Gasteiger partial charge in [-0.25, -0.2) is 0 Å². The quantitative estimate of drug-likeness (QED) is 0.817. The fourth-order valence-corrected chi connectivity index (χ4v) is 3.86. The summed E-state index contributed by atoms with van der Waals surface area (Å²) in [6.45, 7) is 0.149. The van der Waals surface area contributed by atoms with Gasteiger partial charge in [0.25, 0.3) is 0 Å². The number of alkyl halides is 3. The van der Waals surface area contributed by atoms with Crippen LogP contribution in [0.2, 0.25) is 0 Å². The third-order valence-electron chi connectivity index (χ3n) is 5.04.